The number of amides is 3. The third kappa shape index (κ3) is 8.73. The number of aromatic nitrogens is 2. The lowest BCUT2D eigenvalue weighted by molar-refractivity contribution is -0.116. The molecule has 13 heteroatoms. The number of thiazole rings is 1. The molecule has 1 saturated heterocycles. The number of fused-ring (bicyclic) bond motifs is 3. The molecule has 2 atom stereocenters. The number of ether oxygens (including phenoxy) is 2. The van der Waals surface area contributed by atoms with Crippen LogP contribution in [0.4, 0.5) is 14.6 Å². The van der Waals surface area contributed by atoms with E-state index in [0.717, 1.165) is 72.3 Å². The van der Waals surface area contributed by atoms with E-state index in [-0.39, 0.29) is 24.5 Å². The largest absolute Gasteiger partial charge is 0.444 e. The molecule has 11 nitrogen and oxygen atoms in total. The molecule has 3 aliphatic rings. The van der Waals surface area contributed by atoms with Crippen molar-refractivity contribution in [3.05, 3.63) is 53.2 Å². The second kappa shape index (κ2) is 14.8. The number of pyridine rings is 1. The van der Waals surface area contributed by atoms with Gasteiger partial charge in [-0.3, -0.25) is 14.8 Å². The first-order valence-electron chi connectivity index (χ1n) is 18.4. The minimum absolute atomic E-state index is 0.106. The van der Waals surface area contributed by atoms with Gasteiger partial charge in [-0.25, -0.2) is 14.6 Å². The van der Waals surface area contributed by atoms with E-state index in [9.17, 15) is 14.4 Å². The molecule has 53 heavy (non-hydrogen) atoms. The van der Waals surface area contributed by atoms with Crippen LogP contribution in [0.15, 0.2) is 47.7 Å². The number of carbonyl (C=O) groups is 3. The average molecular weight is 757 g/mol. The summed E-state index contributed by atoms with van der Waals surface area (Å²) in [6.45, 7) is 14.0. The first kappa shape index (κ1) is 37.0. The predicted molar refractivity (Wildman–Crippen MR) is 211 cm³/mol. The van der Waals surface area contributed by atoms with E-state index in [1.165, 1.54) is 11.3 Å². The predicted octanol–water partition coefficient (Wildman–Crippen LogP) is 8.82. The Morgan fingerprint density at radius 1 is 0.906 bits per heavy atom. The molecule has 1 aromatic carbocycles. The zero-order valence-electron chi connectivity index (χ0n) is 31.4. The molecule has 2 aliphatic heterocycles. The molecule has 1 aliphatic carbocycles. The number of aliphatic imine (C=N–C) groups is 1. The van der Waals surface area contributed by atoms with Crippen LogP contribution in [0.3, 0.4) is 0 Å². The second-order valence-corrected chi connectivity index (χ2v) is 18.3. The smallest absolute Gasteiger partial charge is 0.410 e. The van der Waals surface area contributed by atoms with Crippen LogP contribution in [-0.2, 0) is 27.2 Å². The number of rotatable bonds is 6. The van der Waals surface area contributed by atoms with E-state index < -0.39 is 11.2 Å². The van der Waals surface area contributed by atoms with Crippen LogP contribution in [0.25, 0.3) is 31.9 Å². The minimum Gasteiger partial charge on any atom is -0.444 e. The van der Waals surface area contributed by atoms with E-state index in [4.69, 9.17) is 19.5 Å². The lowest BCUT2D eigenvalue weighted by atomic mass is 9.89. The molecule has 3 amide bonds. The minimum atomic E-state index is -0.590. The number of likely N-dealkylation sites (tertiary alicyclic amines) is 1. The summed E-state index contributed by atoms with van der Waals surface area (Å²) in [5, 5.41) is 4.82. The fraction of sp³-hybridized carbons (Fsp3) is 0.500. The zero-order chi connectivity index (χ0) is 37.5. The topological polar surface area (TPSA) is 126 Å². The summed E-state index contributed by atoms with van der Waals surface area (Å²) in [7, 11) is 0. The monoisotopic (exact) mass is 756 g/mol. The number of hydrogen-bond donors (Lipinski definition) is 1. The highest BCUT2D eigenvalue weighted by Crippen LogP contribution is 2.46. The summed E-state index contributed by atoms with van der Waals surface area (Å²) in [5.74, 6) is 0.778. The van der Waals surface area contributed by atoms with Crippen molar-refractivity contribution in [2.24, 2.45) is 16.8 Å². The first-order chi connectivity index (χ1) is 25.2. The number of thiophene rings is 1. The second-order valence-electron chi connectivity index (χ2n) is 16.2. The van der Waals surface area contributed by atoms with Gasteiger partial charge in [0.2, 0.25) is 5.91 Å². The van der Waals surface area contributed by atoms with Crippen LogP contribution < -0.4 is 5.32 Å². The van der Waals surface area contributed by atoms with Crippen LogP contribution in [-0.4, -0.2) is 81.0 Å². The molecule has 3 aromatic heterocycles. The number of nitrogens with zero attached hydrogens (tertiary/aromatic N) is 5. The Balaban J connectivity index is 1.07. The van der Waals surface area contributed by atoms with Crippen LogP contribution in [0.1, 0.15) is 77.7 Å². The van der Waals surface area contributed by atoms with Gasteiger partial charge in [0.15, 0.2) is 0 Å². The van der Waals surface area contributed by atoms with Gasteiger partial charge in [0.25, 0.3) is 0 Å². The SMILES string of the molecule is CC(C)(C)OC(=O)N1CCc2c(sc(NC(=O)CCN=C3CC4CCN(C(=O)OC(C)(C)C)CC4C3)c2-c2nc3cc(-c4ccncc4)ccc3s2)C1. The van der Waals surface area contributed by atoms with Crippen LogP contribution in [0.2, 0.25) is 0 Å². The highest BCUT2D eigenvalue weighted by Gasteiger charge is 2.39. The van der Waals surface area contributed by atoms with Gasteiger partial charge in [-0.05, 0) is 120 Å². The van der Waals surface area contributed by atoms with Gasteiger partial charge in [0.05, 0.1) is 16.8 Å². The number of nitrogens with one attached hydrogen (secondary N) is 1. The Bertz CT molecular complexity index is 2040. The molecular weight excluding hydrogens is 709 g/mol. The Kier molecular flexibility index (Phi) is 10.3. The summed E-state index contributed by atoms with van der Waals surface area (Å²) in [5.41, 5.74) is 5.12. The fourth-order valence-corrected chi connectivity index (χ4v) is 9.72. The highest BCUT2D eigenvalue weighted by atomic mass is 32.1. The van der Waals surface area contributed by atoms with Gasteiger partial charge >= 0.3 is 12.2 Å². The van der Waals surface area contributed by atoms with Crippen molar-refractivity contribution < 1.29 is 23.9 Å². The average Bonchev–Trinajstić information content (AvgIpc) is 3.80. The number of anilines is 1. The van der Waals surface area contributed by atoms with Crippen molar-refractivity contribution in [3.63, 3.8) is 0 Å². The zero-order valence-corrected chi connectivity index (χ0v) is 33.0. The van der Waals surface area contributed by atoms with Crippen LogP contribution in [0, 0.1) is 11.8 Å². The van der Waals surface area contributed by atoms with Crippen molar-refractivity contribution in [3.8, 4) is 21.7 Å². The number of benzene rings is 1. The van der Waals surface area contributed by atoms with E-state index in [0.29, 0.717) is 51.0 Å². The lowest BCUT2D eigenvalue weighted by Crippen LogP contribution is -2.44. The third-order valence-corrected chi connectivity index (χ3v) is 12.0. The van der Waals surface area contributed by atoms with Gasteiger partial charge in [-0.2, -0.15) is 0 Å². The van der Waals surface area contributed by atoms with E-state index >= 15 is 0 Å². The number of carbonyl (C=O) groups excluding carboxylic acids is 3. The van der Waals surface area contributed by atoms with Crippen LogP contribution in [0.5, 0.6) is 0 Å². The lowest BCUT2D eigenvalue weighted by Gasteiger charge is -2.35. The van der Waals surface area contributed by atoms with Crippen molar-refractivity contribution in [2.45, 2.75) is 91.4 Å². The summed E-state index contributed by atoms with van der Waals surface area (Å²) >= 11 is 3.12. The molecule has 0 bridgehead atoms. The molecule has 1 N–H and O–H groups in total. The maximum atomic E-state index is 13.5. The van der Waals surface area contributed by atoms with Crippen LogP contribution >= 0.6 is 22.7 Å². The quantitative estimate of drug-likeness (QED) is 0.208. The number of hydrogen-bond acceptors (Lipinski definition) is 10. The number of piperidine rings is 1. The third-order valence-electron chi connectivity index (χ3n) is 9.79. The normalized spacial score (nSPS) is 19.6. The molecular formula is C40H48N6O5S2. The van der Waals surface area contributed by atoms with E-state index in [2.05, 4.69) is 28.5 Å². The molecule has 1 saturated carbocycles. The maximum absolute atomic E-state index is 13.5. The standard InChI is InChI=1S/C40H48N6O5S2/c1-39(2,3)50-37(48)45-17-12-26-19-28(20-27(26)22-45)42-16-11-33(47)44-36-34(29-13-18-46(23-32(29)53-36)38(49)51-40(4,5)6)35-43-30-21-25(7-8-31(30)52-35)24-9-14-41-15-10-24/h7-10,14-15,21,26-27H,11-13,16-20,22-23H2,1-6H3,(H,44,47). The van der Waals surface area contributed by atoms with Gasteiger partial charge in [0.1, 0.15) is 21.2 Å². The molecule has 4 aromatic rings. The van der Waals surface area contributed by atoms with Crippen molar-refractivity contribution in [1.29, 1.82) is 0 Å². The van der Waals surface area contributed by atoms with Crippen molar-refractivity contribution >= 4 is 61.7 Å². The summed E-state index contributed by atoms with van der Waals surface area (Å²) in [6.07, 6.45) is 6.59. The Labute approximate surface area is 318 Å². The van der Waals surface area contributed by atoms with Gasteiger partial charge in [-0.1, -0.05) is 6.07 Å². The van der Waals surface area contributed by atoms with Crippen molar-refractivity contribution in [2.75, 3.05) is 31.5 Å². The summed E-state index contributed by atoms with van der Waals surface area (Å²) in [4.78, 5) is 57.9. The molecule has 0 spiro atoms. The highest BCUT2D eigenvalue weighted by molar-refractivity contribution is 7.23. The Morgan fingerprint density at radius 3 is 2.36 bits per heavy atom. The van der Waals surface area contributed by atoms with Gasteiger partial charge in [0, 0.05) is 61.1 Å². The molecule has 0 radical (unpaired) electrons. The fourth-order valence-electron chi connectivity index (χ4n) is 7.35. The summed E-state index contributed by atoms with van der Waals surface area (Å²) < 4.78 is 12.4. The molecule has 5 heterocycles. The van der Waals surface area contributed by atoms with Gasteiger partial charge < -0.3 is 24.6 Å². The Hall–Kier alpha value is -4.36. The Morgan fingerprint density at radius 2 is 1.62 bits per heavy atom. The van der Waals surface area contributed by atoms with Crippen molar-refractivity contribution in [1.82, 2.24) is 19.8 Å². The molecule has 2 unspecified atom stereocenters. The maximum Gasteiger partial charge on any atom is 0.410 e. The molecule has 2 fully saturated rings. The summed E-state index contributed by atoms with van der Waals surface area (Å²) in [6, 6.07) is 10.3. The van der Waals surface area contributed by atoms with Gasteiger partial charge in [-0.15, -0.1) is 22.7 Å². The van der Waals surface area contributed by atoms with E-state index in [1.54, 1.807) is 28.6 Å². The molecule has 280 valence electrons. The van der Waals surface area contributed by atoms with E-state index in [1.807, 2.05) is 58.6 Å². The first-order valence-corrected chi connectivity index (χ1v) is 20.1. The molecule has 7 rings (SSSR count).